The van der Waals surface area contributed by atoms with Crippen molar-refractivity contribution < 1.29 is 24.5 Å². The summed E-state index contributed by atoms with van der Waals surface area (Å²) in [5, 5.41) is 18.3. The van der Waals surface area contributed by atoms with Crippen molar-refractivity contribution in [2.24, 2.45) is 0 Å². The van der Waals surface area contributed by atoms with Crippen LogP contribution in [0, 0.1) is 0 Å². The number of aromatic carboxylic acids is 2. The number of carbonyl (C=O) groups is 2. The van der Waals surface area contributed by atoms with Crippen LogP contribution in [0.4, 0.5) is 0 Å². The van der Waals surface area contributed by atoms with E-state index in [9.17, 15) is 14.7 Å². The number of ether oxygens (including phenoxy) is 1. The second-order valence-electron chi connectivity index (χ2n) is 4.82. The normalized spacial score (nSPS) is 11.9. The molecule has 0 spiro atoms. The molecule has 114 valence electrons. The van der Waals surface area contributed by atoms with Gasteiger partial charge in [0.2, 0.25) is 0 Å². The third-order valence-corrected chi connectivity index (χ3v) is 3.44. The first-order chi connectivity index (χ1) is 10.5. The highest BCUT2D eigenvalue weighted by atomic mass is 16.5. The van der Waals surface area contributed by atoms with Crippen LogP contribution in [0.5, 0.6) is 0 Å². The Balaban J connectivity index is 2.39. The molecule has 0 bridgehead atoms. The summed E-state index contributed by atoms with van der Waals surface area (Å²) in [5.74, 6) is -2.18. The minimum Gasteiger partial charge on any atom is -0.478 e. The van der Waals surface area contributed by atoms with Crippen LogP contribution in [0.3, 0.4) is 0 Å². The largest absolute Gasteiger partial charge is 0.478 e. The zero-order valence-electron chi connectivity index (χ0n) is 12.0. The fourth-order valence-corrected chi connectivity index (χ4v) is 2.31. The van der Waals surface area contributed by atoms with Crippen molar-refractivity contribution in [3.8, 4) is 0 Å². The monoisotopic (exact) mass is 300 g/mol. The maximum Gasteiger partial charge on any atom is 0.335 e. The molecule has 0 amide bonds. The maximum atomic E-state index is 11.3. The van der Waals surface area contributed by atoms with Crippen LogP contribution >= 0.6 is 0 Å². The van der Waals surface area contributed by atoms with E-state index < -0.39 is 11.9 Å². The highest BCUT2D eigenvalue weighted by molar-refractivity contribution is 5.93. The molecule has 0 saturated heterocycles. The Hall–Kier alpha value is -2.66. The van der Waals surface area contributed by atoms with Crippen molar-refractivity contribution in [1.29, 1.82) is 0 Å². The number of carboxylic acids is 2. The van der Waals surface area contributed by atoms with Crippen molar-refractivity contribution in [3.05, 3.63) is 70.8 Å². The van der Waals surface area contributed by atoms with Gasteiger partial charge in [-0.15, -0.1) is 0 Å². The van der Waals surface area contributed by atoms with E-state index >= 15 is 0 Å². The SMILES string of the molecule is COC(Cc1cc(C(=O)O)ccc1C(=O)O)c1ccccc1. The lowest BCUT2D eigenvalue weighted by atomic mass is 9.95. The van der Waals surface area contributed by atoms with Crippen molar-refractivity contribution in [2.45, 2.75) is 12.5 Å². The average molecular weight is 300 g/mol. The molecule has 0 aliphatic carbocycles. The number of hydrogen-bond acceptors (Lipinski definition) is 3. The van der Waals surface area contributed by atoms with Gasteiger partial charge < -0.3 is 14.9 Å². The fraction of sp³-hybridized carbons (Fsp3) is 0.176. The predicted molar refractivity (Wildman–Crippen MR) is 80.3 cm³/mol. The topological polar surface area (TPSA) is 83.8 Å². The number of benzene rings is 2. The summed E-state index contributed by atoms with van der Waals surface area (Å²) in [6, 6.07) is 13.4. The molecule has 0 heterocycles. The quantitative estimate of drug-likeness (QED) is 0.856. The highest BCUT2D eigenvalue weighted by Crippen LogP contribution is 2.24. The standard InChI is InChI=1S/C17H16O5/c1-22-15(11-5-3-2-4-6-11)10-13-9-12(16(18)19)7-8-14(13)17(20)21/h2-9,15H,10H2,1H3,(H,18,19)(H,20,21). The number of carboxylic acid groups (broad SMARTS) is 2. The van der Waals surface area contributed by atoms with Crippen LogP contribution in [0.15, 0.2) is 48.5 Å². The lowest BCUT2D eigenvalue weighted by molar-refractivity contribution is 0.0677. The lowest BCUT2D eigenvalue weighted by Crippen LogP contribution is -2.11. The van der Waals surface area contributed by atoms with Crippen LogP contribution in [-0.2, 0) is 11.2 Å². The summed E-state index contributed by atoms with van der Waals surface area (Å²) >= 11 is 0. The molecule has 2 N–H and O–H groups in total. The van der Waals surface area contributed by atoms with E-state index in [2.05, 4.69) is 0 Å². The number of rotatable bonds is 6. The summed E-state index contributed by atoms with van der Waals surface area (Å²) in [5.41, 5.74) is 1.48. The third kappa shape index (κ3) is 3.51. The molecule has 2 aromatic carbocycles. The summed E-state index contributed by atoms with van der Waals surface area (Å²) < 4.78 is 5.44. The molecule has 5 heteroatoms. The fourth-order valence-electron chi connectivity index (χ4n) is 2.31. The molecule has 0 fully saturated rings. The first kappa shape index (κ1) is 15.7. The molecular formula is C17H16O5. The van der Waals surface area contributed by atoms with E-state index in [1.807, 2.05) is 30.3 Å². The Morgan fingerprint density at radius 1 is 1.05 bits per heavy atom. The average Bonchev–Trinajstić information content (AvgIpc) is 2.52. The van der Waals surface area contributed by atoms with Crippen LogP contribution in [0.1, 0.15) is 37.9 Å². The molecule has 0 aromatic heterocycles. The molecule has 0 radical (unpaired) electrons. The second kappa shape index (κ2) is 6.87. The molecule has 0 saturated carbocycles. The van der Waals surface area contributed by atoms with Gasteiger partial charge in [0.05, 0.1) is 17.2 Å². The molecule has 0 aliphatic rings. The van der Waals surface area contributed by atoms with Crippen molar-refractivity contribution in [2.75, 3.05) is 7.11 Å². The van der Waals surface area contributed by atoms with Crippen molar-refractivity contribution in [1.82, 2.24) is 0 Å². The Morgan fingerprint density at radius 3 is 2.27 bits per heavy atom. The molecule has 5 nitrogen and oxygen atoms in total. The van der Waals surface area contributed by atoms with Gasteiger partial charge >= 0.3 is 11.9 Å². The molecule has 2 aromatic rings. The minimum atomic E-state index is -1.09. The summed E-state index contributed by atoms with van der Waals surface area (Å²) in [6.45, 7) is 0. The van der Waals surface area contributed by atoms with Crippen LogP contribution in [-0.4, -0.2) is 29.3 Å². The highest BCUT2D eigenvalue weighted by Gasteiger charge is 2.18. The van der Waals surface area contributed by atoms with E-state index in [1.165, 1.54) is 18.2 Å². The van der Waals surface area contributed by atoms with Crippen LogP contribution in [0.25, 0.3) is 0 Å². The predicted octanol–water partition coefficient (Wildman–Crippen LogP) is 3.01. The molecule has 0 aliphatic heterocycles. The van der Waals surface area contributed by atoms with Crippen LogP contribution < -0.4 is 0 Å². The maximum absolute atomic E-state index is 11.3. The second-order valence-corrected chi connectivity index (χ2v) is 4.82. The van der Waals surface area contributed by atoms with Gasteiger partial charge in [0, 0.05) is 13.5 Å². The van der Waals surface area contributed by atoms with Crippen molar-refractivity contribution in [3.63, 3.8) is 0 Å². The summed E-state index contributed by atoms with van der Waals surface area (Å²) in [4.78, 5) is 22.4. The Morgan fingerprint density at radius 2 is 1.73 bits per heavy atom. The van der Waals surface area contributed by atoms with E-state index in [1.54, 1.807) is 7.11 Å². The first-order valence-corrected chi connectivity index (χ1v) is 6.70. The minimum absolute atomic E-state index is 0.0583. The van der Waals surface area contributed by atoms with Gasteiger partial charge in [0.1, 0.15) is 0 Å². The van der Waals surface area contributed by atoms with Gasteiger partial charge in [-0.05, 0) is 29.3 Å². The van der Waals surface area contributed by atoms with E-state index in [-0.39, 0.29) is 23.7 Å². The van der Waals surface area contributed by atoms with Gasteiger partial charge in [-0.3, -0.25) is 0 Å². The van der Waals surface area contributed by atoms with E-state index in [0.29, 0.717) is 5.56 Å². The number of methoxy groups -OCH3 is 1. The number of hydrogen-bond donors (Lipinski definition) is 2. The summed E-state index contributed by atoms with van der Waals surface area (Å²) in [6.07, 6.45) is -0.0631. The zero-order valence-corrected chi connectivity index (χ0v) is 12.0. The summed E-state index contributed by atoms with van der Waals surface area (Å²) in [7, 11) is 1.54. The first-order valence-electron chi connectivity index (χ1n) is 6.70. The smallest absolute Gasteiger partial charge is 0.335 e. The third-order valence-electron chi connectivity index (χ3n) is 3.44. The van der Waals surface area contributed by atoms with Gasteiger partial charge in [-0.25, -0.2) is 9.59 Å². The molecule has 1 atom stereocenters. The lowest BCUT2D eigenvalue weighted by Gasteiger charge is -2.17. The molecule has 1 unspecified atom stereocenters. The van der Waals surface area contributed by atoms with Gasteiger partial charge in [0.25, 0.3) is 0 Å². The van der Waals surface area contributed by atoms with Gasteiger partial charge in [-0.2, -0.15) is 0 Å². The molecule has 2 rings (SSSR count). The van der Waals surface area contributed by atoms with E-state index in [4.69, 9.17) is 9.84 Å². The zero-order chi connectivity index (χ0) is 16.1. The van der Waals surface area contributed by atoms with Crippen molar-refractivity contribution >= 4 is 11.9 Å². The van der Waals surface area contributed by atoms with Crippen LogP contribution in [0.2, 0.25) is 0 Å². The molecular weight excluding hydrogens is 284 g/mol. The molecule has 22 heavy (non-hydrogen) atoms. The Labute approximate surface area is 127 Å². The van der Waals surface area contributed by atoms with Gasteiger partial charge in [0.15, 0.2) is 0 Å². The Kier molecular flexibility index (Phi) is 4.91. The van der Waals surface area contributed by atoms with Gasteiger partial charge in [-0.1, -0.05) is 30.3 Å². The van der Waals surface area contributed by atoms with E-state index in [0.717, 1.165) is 5.56 Å². The Bertz CT molecular complexity index is 679.